The van der Waals surface area contributed by atoms with Gasteiger partial charge in [0.05, 0.1) is 10.6 Å². The number of piperidine rings is 1. The second-order valence-corrected chi connectivity index (χ2v) is 12.2. The van der Waals surface area contributed by atoms with E-state index in [0.29, 0.717) is 23.2 Å². The minimum absolute atomic E-state index is 0. The summed E-state index contributed by atoms with van der Waals surface area (Å²) >= 11 is 13.6. The van der Waals surface area contributed by atoms with E-state index in [0.717, 1.165) is 66.1 Å². The summed E-state index contributed by atoms with van der Waals surface area (Å²) in [6.07, 6.45) is 4.05. The number of likely N-dealkylation sites (tertiary alicyclic amines) is 1. The van der Waals surface area contributed by atoms with E-state index in [2.05, 4.69) is 81.1 Å². The van der Waals surface area contributed by atoms with Crippen LogP contribution in [0.1, 0.15) is 35.8 Å². The van der Waals surface area contributed by atoms with Crippen molar-refractivity contribution in [2.24, 2.45) is 0 Å². The van der Waals surface area contributed by atoms with Crippen molar-refractivity contribution in [1.29, 1.82) is 0 Å². The van der Waals surface area contributed by atoms with Crippen LogP contribution in [0.15, 0.2) is 69.7 Å². The molecule has 2 aromatic carbocycles. The number of amides is 1. The van der Waals surface area contributed by atoms with E-state index >= 15 is 0 Å². The second kappa shape index (κ2) is 12.9. The number of carbonyl (C=O) groups is 1. The summed E-state index contributed by atoms with van der Waals surface area (Å²) in [6, 6.07) is 18.9. The fourth-order valence-corrected chi connectivity index (χ4v) is 6.08. The number of hydrogen-bond acceptors (Lipinski definition) is 5. The van der Waals surface area contributed by atoms with Crippen LogP contribution in [0, 0.1) is 0 Å². The van der Waals surface area contributed by atoms with E-state index in [1.165, 1.54) is 18.4 Å². The molecule has 1 aromatic heterocycles. The first-order valence-electron chi connectivity index (χ1n) is 13.1. The molecule has 0 spiro atoms. The van der Waals surface area contributed by atoms with Gasteiger partial charge in [0.2, 0.25) is 0 Å². The topological polar surface area (TPSA) is 51.7 Å². The number of halogens is 3. The van der Waals surface area contributed by atoms with E-state index in [4.69, 9.17) is 11.6 Å². The predicted octanol–water partition coefficient (Wildman–Crippen LogP) is 6.22. The lowest BCUT2D eigenvalue weighted by Crippen LogP contribution is -2.53. The van der Waals surface area contributed by atoms with Crippen LogP contribution in [0.3, 0.4) is 0 Å². The Bertz CT molecular complexity index is 1230. The third kappa shape index (κ3) is 7.16. The Kier molecular flexibility index (Phi) is 9.38. The zero-order valence-corrected chi connectivity index (χ0v) is 25.2. The number of carbonyl (C=O) groups excluding carboxylic acids is 1. The van der Waals surface area contributed by atoms with Gasteiger partial charge in [-0.15, -0.1) is 0 Å². The molecule has 0 atom stereocenters. The number of aromatic nitrogens is 1. The molecule has 1 amide bonds. The molecule has 9 heteroatoms. The number of rotatable bonds is 7. The third-order valence-electron chi connectivity index (χ3n) is 7.46. The standard InChI is InChI=1S/C29H32Br2ClN5O.H2/c30-24-5-1-21(2-6-24)18-34-29(38)23-17-27(32)28(33-19-23)37-15-13-36(14-16-37)26-9-11-35(12-10-26)20-22-3-7-25(31)8-4-22;/h1-8,17,19,26H,9-16,18,20H2,(H,34,38);1H. The first-order valence-corrected chi connectivity index (χ1v) is 15.0. The molecule has 38 heavy (non-hydrogen) atoms. The Morgan fingerprint density at radius 2 is 1.53 bits per heavy atom. The van der Waals surface area contributed by atoms with E-state index in [1.54, 1.807) is 12.3 Å². The molecular weight excluding hydrogens is 630 g/mol. The quantitative estimate of drug-likeness (QED) is 0.325. The average Bonchev–Trinajstić information content (AvgIpc) is 2.94. The second-order valence-electron chi connectivity index (χ2n) is 10.00. The molecule has 0 radical (unpaired) electrons. The van der Waals surface area contributed by atoms with Crippen molar-refractivity contribution >= 4 is 55.2 Å². The fraction of sp³-hybridized carbons (Fsp3) is 0.379. The molecule has 3 aromatic rings. The van der Waals surface area contributed by atoms with Crippen LogP contribution in [0.4, 0.5) is 5.82 Å². The smallest absolute Gasteiger partial charge is 0.253 e. The van der Waals surface area contributed by atoms with Crippen molar-refractivity contribution in [2.75, 3.05) is 44.2 Å². The van der Waals surface area contributed by atoms with Crippen LogP contribution in [-0.4, -0.2) is 66.0 Å². The number of nitrogens with zero attached hydrogens (tertiary/aromatic N) is 4. The first kappa shape index (κ1) is 27.6. The van der Waals surface area contributed by atoms with Crippen LogP contribution in [0.5, 0.6) is 0 Å². The van der Waals surface area contributed by atoms with Gasteiger partial charge in [0.15, 0.2) is 0 Å². The van der Waals surface area contributed by atoms with Crippen LogP contribution in [-0.2, 0) is 13.1 Å². The van der Waals surface area contributed by atoms with Gasteiger partial charge in [-0.25, -0.2) is 4.98 Å². The van der Waals surface area contributed by atoms with E-state index in [1.807, 2.05) is 24.3 Å². The molecule has 3 heterocycles. The highest BCUT2D eigenvalue weighted by Crippen LogP contribution is 2.27. The Morgan fingerprint density at radius 3 is 2.13 bits per heavy atom. The number of benzene rings is 2. The highest BCUT2D eigenvalue weighted by molar-refractivity contribution is 9.10. The highest BCUT2D eigenvalue weighted by Gasteiger charge is 2.28. The number of nitrogens with one attached hydrogen (secondary N) is 1. The third-order valence-corrected chi connectivity index (χ3v) is 8.79. The average molecular weight is 664 g/mol. The van der Waals surface area contributed by atoms with Gasteiger partial charge in [-0.1, -0.05) is 67.7 Å². The molecule has 2 aliphatic rings. The molecular formula is C29H34Br2ClN5O. The van der Waals surface area contributed by atoms with E-state index < -0.39 is 0 Å². The van der Waals surface area contributed by atoms with Gasteiger partial charge < -0.3 is 10.2 Å². The van der Waals surface area contributed by atoms with Gasteiger partial charge in [-0.2, -0.15) is 0 Å². The summed E-state index contributed by atoms with van der Waals surface area (Å²) in [5.74, 6) is 0.588. The number of piperazine rings is 1. The predicted molar refractivity (Wildman–Crippen MR) is 163 cm³/mol. The molecule has 2 saturated heterocycles. The van der Waals surface area contributed by atoms with Crippen LogP contribution >= 0.6 is 43.5 Å². The van der Waals surface area contributed by atoms with E-state index in [-0.39, 0.29) is 7.33 Å². The van der Waals surface area contributed by atoms with Gasteiger partial charge >= 0.3 is 0 Å². The number of hydrogen-bond donors (Lipinski definition) is 1. The summed E-state index contributed by atoms with van der Waals surface area (Å²) < 4.78 is 2.14. The molecule has 0 saturated carbocycles. The van der Waals surface area contributed by atoms with Crippen molar-refractivity contribution < 1.29 is 6.22 Å². The Hall–Kier alpha value is -1.97. The van der Waals surface area contributed by atoms with Crippen LogP contribution < -0.4 is 10.2 Å². The minimum atomic E-state index is -0.176. The lowest BCUT2D eigenvalue weighted by atomic mass is 10.0. The number of pyridine rings is 1. The minimum Gasteiger partial charge on any atom is -0.353 e. The van der Waals surface area contributed by atoms with Crippen molar-refractivity contribution in [2.45, 2.75) is 32.0 Å². The molecule has 2 aliphatic heterocycles. The molecule has 1 N–H and O–H groups in total. The zero-order valence-electron chi connectivity index (χ0n) is 21.3. The van der Waals surface area contributed by atoms with Crippen molar-refractivity contribution in [3.8, 4) is 0 Å². The summed E-state index contributed by atoms with van der Waals surface area (Å²) in [6.45, 7) is 7.55. The van der Waals surface area contributed by atoms with Crippen molar-refractivity contribution in [1.82, 2.24) is 20.1 Å². The monoisotopic (exact) mass is 661 g/mol. The maximum absolute atomic E-state index is 12.6. The molecule has 5 rings (SSSR count). The number of anilines is 1. The lowest BCUT2D eigenvalue weighted by Gasteiger charge is -2.43. The van der Waals surface area contributed by atoms with Gasteiger partial charge in [0, 0.05) is 61.9 Å². The largest absolute Gasteiger partial charge is 0.353 e. The van der Waals surface area contributed by atoms with Gasteiger partial charge in [0.1, 0.15) is 5.82 Å². The lowest BCUT2D eigenvalue weighted by molar-refractivity contribution is 0.0950. The molecule has 0 unspecified atom stereocenters. The van der Waals surface area contributed by atoms with Crippen LogP contribution in [0.2, 0.25) is 5.02 Å². The Labute approximate surface area is 248 Å². The highest BCUT2D eigenvalue weighted by atomic mass is 79.9. The molecule has 2 fully saturated rings. The van der Waals surface area contributed by atoms with Gasteiger partial charge in [-0.05, 0) is 67.4 Å². The molecule has 0 bridgehead atoms. The zero-order chi connectivity index (χ0) is 26.5. The van der Waals surface area contributed by atoms with E-state index in [9.17, 15) is 4.79 Å². The van der Waals surface area contributed by atoms with Crippen molar-refractivity contribution in [3.63, 3.8) is 0 Å². The first-order chi connectivity index (χ1) is 18.4. The van der Waals surface area contributed by atoms with Crippen LogP contribution in [0.25, 0.3) is 0 Å². The molecule has 6 nitrogen and oxygen atoms in total. The molecule has 0 aliphatic carbocycles. The van der Waals surface area contributed by atoms with Gasteiger partial charge in [0.25, 0.3) is 5.91 Å². The maximum Gasteiger partial charge on any atom is 0.253 e. The maximum atomic E-state index is 12.6. The normalized spacial score (nSPS) is 17.5. The SMILES string of the molecule is O=C(NCc1ccc(Br)cc1)c1cnc(N2CCN(C3CCN(Cc4ccc(Br)cc4)CC3)CC2)c(Cl)c1.[HH]. The summed E-state index contributed by atoms with van der Waals surface area (Å²) in [4.78, 5) is 24.7. The summed E-state index contributed by atoms with van der Waals surface area (Å²) in [5, 5.41) is 3.47. The molecule has 202 valence electrons. The summed E-state index contributed by atoms with van der Waals surface area (Å²) in [5.41, 5.74) is 2.88. The van der Waals surface area contributed by atoms with Crippen molar-refractivity contribution in [3.05, 3.63) is 91.5 Å². The Morgan fingerprint density at radius 1 is 0.921 bits per heavy atom. The van der Waals surface area contributed by atoms with Gasteiger partial charge in [-0.3, -0.25) is 14.6 Å². The fourth-order valence-electron chi connectivity index (χ4n) is 5.26. The summed E-state index contributed by atoms with van der Waals surface area (Å²) in [7, 11) is 0. The Balaban J connectivity index is 0.00000353.